The molecule has 0 saturated heterocycles. The molecule has 148 valence electrons. The quantitative estimate of drug-likeness (QED) is 0.509. The number of hydrogen-bond acceptors (Lipinski definition) is 5. The molecule has 0 radical (unpaired) electrons. The standard InChI is InChI=1S/C20H16F3N5O/c1-12(13-6-8-14(9-7-13)29-20(22)23)24-17-10-11-18-25-26-19(28(18)27-17)15-4-2-3-5-16(15)21/h2-12,20H,1H3,(H,24,27). The molecule has 1 N–H and O–H groups in total. The summed E-state index contributed by atoms with van der Waals surface area (Å²) in [4.78, 5) is 0. The summed E-state index contributed by atoms with van der Waals surface area (Å²) in [6, 6.07) is 15.9. The molecule has 0 aliphatic rings. The number of aromatic nitrogens is 4. The molecule has 9 heteroatoms. The van der Waals surface area contributed by atoms with Crippen molar-refractivity contribution in [3.63, 3.8) is 0 Å². The van der Waals surface area contributed by atoms with Gasteiger partial charge < -0.3 is 10.1 Å². The van der Waals surface area contributed by atoms with Gasteiger partial charge in [-0.25, -0.2) is 4.39 Å². The summed E-state index contributed by atoms with van der Waals surface area (Å²) in [5, 5.41) is 15.8. The van der Waals surface area contributed by atoms with Crippen LogP contribution in [0.4, 0.5) is 19.0 Å². The van der Waals surface area contributed by atoms with Crippen LogP contribution in [0.5, 0.6) is 5.75 Å². The van der Waals surface area contributed by atoms with Crippen molar-refractivity contribution in [1.29, 1.82) is 0 Å². The van der Waals surface area contributed by atoms with Crippen molar-refractivity contribution in [3.05, 3.63) is 72.0 Å². The SMILES string of the molecule is CC(Nc1ccc2nnc(-c3ccccc3F)n2n1)c1ccc(OC(F)F)cc1. The smallest absolute Gasteiger partial charge is 0.387 e. The molecule has 0 spiro atoms. The van der Waals surface area contributed by atoms with Gasteiger partial charge in [-0.2, -0.15) is 13.3 Å². The fraction of sp³-hybridized carbons (Fsp3) is 0.150. The highest BCUT2D eigenvalue weighted by molar-refractivity contribution is 5.60. The third kappa shape index (κ3) is 3.98. The van der Waals surface area contributed by atoms with E-state index >= 15 is 0 Å². The molecule has 0 saturated carbocycles. The molecule has 0 fully saturated rings. The fourth-order valence-corrected chi connectivity index (χ4v) is 2.92. The largest absolute Gasteiger partial charge is 0.435 e. The van der Waals surface area contributed by atoms with Gasteiger partial charge in [0.25, 0.3) is 0 Å². The summed E-state index contributed by atoms with van der Waals surface area (Å²) < 4.78 is 44.5. The maximum atomic E-state index is 14.1. The van der Waals surface area contributed by atoms with Crippen LogP contribution in [0.15, 0.2) is 60.7 Å². The summed E-state index contributed by atoms with van der Waals surface area (Å²) in [6.45, 7) is -0.960. The Balaban J connectivity index is 1.58. The van der Waals surface area contributed by atoms with Crippen LogP contribution < -0.4 is 10.1 Å². The Morgan fingerprint density at radius 3 is 2.45 bits per heavy atom. The van der Waals surface area contributed by atoms with Gasteiger partial charge in [0.2, 0.25) is 0 Å². The summed E-state index contributed by atoms with van der Waals surface area (Å²) in [7, 11) is 0. The Morgan fingerprint density at radius 2 is 1.72 bits per heavy atom. The molecule has 2 heterocycles. The normalized spacial score (nSPS) is 12.3. The van der Waals surface area contributed by atoms with Crippen molar-refractivity contribution in [3.8, 4) is 17.1 Å². The van der Waals surface area contributed by atoms with Gasteiger partial charge in [0.1, 0.15) is 17.4 Å². The highest BCUT2D eigenvalue weighted by Crippen LogP contribution is 2.24. The predicted octanol–water partition coefficient (Wildman–Crippen LogP) is 4.70. The number of ether oxygens (including phenoxy) is 1. The summed E-state index contributed by atoms with van der Waals surface area (Å²) in [5.41, 5.74) is 1.63. The second-order valence-electron chi connectivity index (χ2n) is 6.31. The van der Waals surface area contributed by atoms with Crippen LogP contribution in [-0.4, -0.2) is 26.4 Å². The van der Waals surface area contributed by atoms with Crippen LogP contribution in [0.3, 0.4) is 0 Å². The highest BCUT2D eigenvalue weighted by Gasteiger charge is 2.14. The molecule has 0 aliphatic heterocycles. The third-order valence-corrected chi connectivity index (χ3v) is 4.35. The van der Waals surface area contributed by atoms with E-state index in [4.69, 9.17) is 0 Å². The third-order valence-electron chi connectivity index (χ3n) is 4.35. The Kier molecular flexibility index (Phi) is 5.03. The first kappa shape index (κ1) is 18.7. The number of alkyl halides is 2. The van der Waals surface area contributed by atoms with Gasteiger partial charge in [-0.05, 0) is 48.9 Å². The predicted molar refractivity (Wildman–Crippen MR) is 101 cm³/mol. The van der Waals surface area contributed by atoms with Crippen LogP contribution >= 0.6 is 0 Å². The zero-order chi connectivity index (χ0) is 20.4. The van der Waals surface area contributed by atoms with E-state index in [-0.39, 0.29) is 11.8 Å². The molecule has 1 unspecified atom stereocenters. The number of nitrogens with one attached hydrogen (secondary N) is 1. The number of anilines is 1. The fourth-order valence-electron chi connectivity index (χ4n) is 2.92. The first-order valence-corrected chi connectivity index (χ1v) is 8.80. The van der Waals surface area contributed by atoms with Gasteiger partial charge in [0, 0.05) is 0 Å². The average Bonchev–Trinajstić information content (AvgIpc) is 3.11. The minimum Gasteiger partial charge on any atom is -0.435 e. The first-order valence-electron chi connectivity index (χ1n) is 8.80. The van der Waals surface area contributed by atoms with Crippen molar-refractivity contribution < 1.29 is 17.9 Å². The summed E-state index contributed by atoms with van der Waals surface area (Å²) in [6.07, 6.45) is 0. The number of nitrogens with zero attached hydrogens (tertiary/aromatic N) is 4. The van der Waals surface area contributed by atoms with Gasteiger partial charge in [-0.3, -0.25) is 0 Å². The summed E-state index contributed by atoms with van der Waals surface area (Å²) in [5.74, 6) is 0.495. The monoisotopic (exact) mass is 399 g/mol. The van der Waals surface area contributed by atoms with E-state index in [0.717, 1.165) is 5.56 Å². The Morgan fingerprint density at radius 1 is 0.966 bits per heavy atom. The lowest BCUT2D eigenvalue weighted by Crippen LogP contribution is -2.10. The minimum atomic E-state index is -2.86. The molecule has 4 rings (SSSR count). The van der Waals surface area contributed by atoms with E-state index in [9.17, 15) is 13.2 Å². The number of fused-ring (bicyclic) bond motifs is 1. The van der Waals surface area contributed by atoms with E-state index in [1.54, 1.807) is 42.5 Å². The molecule has 0 aliphatic carbocycles. The van der Waals surface area contributed by atoms with E-state index in [1.807, 2.05) is 6.92 Å². The molecular formula is C20H16F3N5O. The van der Waals surface area contributed by atoms with Gasteiger partial charge >= 0.3 is 6.61 Å². The molecule has 2 aromatic carbocycles. The number of rotatable bonds is 6. The molecule has 4 aromatic rings. The van der Waals surface area contributed by atoms with Crippen LogP contribution in [0.1, 0.15) is 18.5 Å². The number of hydrogen-bond donors (Lipinski definition) is 1. The highest BCUT2D eigenvalue weighted by atomic mass is 19.3. The number of halogens is 3. The molecule has 0 bridgehead atoms. The Bertz CT molecular complexity index is 1130. The van der Waals surface area contributed by atoms with Crippen LogP contribution in [-0.2, 0) is 0 Å². The zero-order valence-electron chi connectivity index (χ0n) is 15.3. The van der Waals surface area contributed by atoms with Crippen LogP contribution in [0, 0.1) is 5.82 Å². The minimum absolute atomic E-state index is 0.0921. The maximum Gasteiger partial charge on any atom is 0.387 e. The van der Waals surface area contributed by atoms with E-state index in [0.29, 0.717) is 22.9 Å². The van der Waals surface area contributed by atoms with Crippen molar-refractivity contribution in [2.24, 2.45) is 0 Å². The van der Waals surface area contributed by atoms with Crippen molar-refractivity contribution in [1.82, 2.24) is 19.8 Å². The zero-order valence-corrected chi connectivity index (χ0v) is 15.3. The van der Waals surface area contributed by atoms with Crippen LogP contribution in [0.2, 0.25) is 0 Å². The Hall–Kier alpha value is -3.62. The van der Waals surface area contributed by atoms with Gasteiger partial charge in [-0.1, -0.05) is 24.3 Å². The van der Waals surface area contributed by atoms with E-state index in [2.05, 4.69) is 25.3 Å². The molecule has 29 heavy (non-hydrogen) atoms. The number of benzene rings is 2. The molecule has 1 atom stereocenters. The van der Waals surface area contributed by atoms with Crippen LogP contribution in [0.25, 0.3) is 17.0 Å². The van der Waals surface area contributed by atoms with Gasteiger partial charge in [-0.15, -0.1) is 15.3 Å². The lowest BCUT2D eigenvalue weighted by Gasteiger charge is -2.15. The molecular weight excluding hydrogens is 383 g/mol. The van der Waals surface area contributed by atoms with E-state index < -0.39 is 12.4 Å². The topological polar surface area (TPSA) is 64.3 Å². The van der Waals surface area contributed by atoms with Gasteiger partial charge in [0.15, 0.2) is 11.5 Å². The lowest BCUT2D eigenvalue weighted by molar-refractivity contribution is -0.0498. The maximum absolute atomic E-state index is 14.1. The molecule has 0 amide bonds. The second-order valence-corrected chi connectivity index (χ2v) is 6.31. The average molecular weight is 399 g/mol. The van der Waals surface area contributed by atoms with Gasteiger partial charge in [0.05, 0.1) is 11.6 Å². The first-order chi connectivity index (χ1) is 14.0. The van der Waals surface area contributed by atoms with Crippen molar-refractivity contribution >= 4 is 11.5 Å². The summed E-state index contributed by atoms with van der Waals surface area (Å²) >= 11 is 0. The van der Waals surface area contributed by atoms with Crippen molar-refractivity contribution in [2.45, 2.75) is 19.6 Å². The second kappa shape index (κ2) is 7.78. The Labute approximate surface area is 164 Å². The van der Waals surface area contributed by atoms with Crippen molar-refractivity contribution in [2.75, 3.05) is 5.32 Å². The van der Waals surface area contributed by atoms with E-state index in [1.165, 1.54) is 22.7 Å². The molecule has 6 nitrogen and oxygen atoms in total. The lowest BCUT2D eigenvalue weighted by atomic mass is 10.1. The molecule has 2 aromatic heterocycles.